The van der Waals surface area contributed by atoms with Crippen LogP contribution in [0.25, 0.3) is 0 Å². The number of halogens is 1. The van der Waals surface area contributed by atoms with Gasteiger partial charge in [0.25, 0.3) is 0 Å². The van der Waals surface area contributed by atoms with Crippen LogP contribution in [0.1, 0.15) is 13.8 Å². The number of nitrogens with zero attached hydrogens (tertiary/aromatic N) is 2. The van der Waals surface area contributed by atoms with Gasteiger partial charge in [0.1, 0.15) is 5.60 Å². The van der Waals surface area contributed by atoms with Crippen molar-refractivity contribution in [3.8, 4) is 0 Å². The first-order valence-corrected chi connectivity index (χ1v) is 10.3. The fourth-order valence-electron chi connectivity index (χ4n) is 2.53. The SMILES string of the molecule is C=C(/C=C\C)S(=O)(=O)N1C[C@H](Sc2ccc(Cl)cn2)C(O)(C(C)O)C1. The first-order chi connectivity index (χ1) is 11.6. The summed E-state index contributed by atoms with van der Waals surface area (Å²) in [6, 6.07) is 3.35. The molecule has 2 unspecified atom stereocenters. The Morgan fingerprint density at radius 2 is 2.28 bits per heavy atom. The molecule has 25 heavy (non-hydrogen) atoms. The van der Waals surface area contributed by atoms with Gasteiger partial charge in [0.15, 0.2) is 0 Å². The number of pyridine rings is 1. The van der Waals surface area contributed by atoms with Crippen LogP contribution in [0.5, 0.6) is 0 Å². The molecule has 1 aromatic rings. The van der Waals surface area contributed by atoms with E-state index in [0.29, 0.717) is 10.0 Å². The standard InChI is InChI=1S/C16H21ClN2O4S2/c1-4-5-11(2)25(22,23)19-9-14(16(21,10-19)12(3)20)24-15-7-6-13(17)8-18-15/h4-8,12,14,20-21H,2,9-10H2,1,3H3/b5-4-/t12?,14-,16?/m0/s1. The lowest BCUT2D eigenvalue weighted by Gasteiger charge is -2.31. The summed E-state index contributed by atoms with van der Waals surface area (Å²) in [7, 11) is -3.81. The average molecular weight is 405 g/mol. The van der Waals surface area contributed by atoms with Crippen molar-refractivity contribution in [1.29, 1.82) is 0 Å². The van der Waals surface area contributed by atoms with E-state index < -0.39 is 27.0 Å². The molecule has 138 valence electrons. The third-order valence-corrected chi connectivity index (χ3v) is 7.37. The molecular formula is C16H21ClN2O4S2. The monoisotopic (exact) mass is 404 g/mol. The third-order valence-electron chi connectivity index (χ3n) is 4.07. The predicted molar refractivity (Wildman–Crippen MR) is 100.0 cm³/mol. The molecule has 2 heterocycles. The van der Waals surface area contributed by atoms with Gasteiger partial charge in [0.05, 0.1) is 26.3 Å². The molecule has 1 fully saturated rings. The highest BCUT2D eigenvalue weighted by molar-refractivity contribution is 8.00. The van der Waals surface area contributed by atoms with E-state index in [2.05, 4.69) is 11.6 Å². The summed E-state index contributed by atoms with van der Waals surface area (Å²) in [5.74, 6) is 0. The number of rotatable bonds is 6. The molecular weight excluding hydrogens is 384 g/mol. The largest absolute Gasteiger partial charge is 0.390 e. The third kappa shape index (κ3) is 4.27. The fraction of sp³-hybridized carbons (Fsp3) is 0.438. The molecule has 1 aliphatic heterocycles. The lowest BCUT2D eigenvalue weighted by molar-refractivity contribution is -0.0500. The zero-order valence-electron chi connectivity index (χ0n) is 14.0. The van der Waals surface area contributed by atoms with E-state index in [1.165, 1.54) is 31.0 Å². The summed E-state index contributed by atoms with van der Waals surface area (Å²) in [6.45, 7) is 6.54. The Bertz CT molecular complexity index is 765. The number of sulfonamides is 1. The van der Waals surface area contributed by atoms with Crippen molar-refractivity contribution in [2.45, 2.75) is 35.8 Å². The number of aliphatic hydroxyl groups is 2. The Morgan fingerprint density at radius 3 is 2.80 bits per heavy atom. The predicted octanol–water partition coefficient (Wildman–Crippen LogP) is 2.04. The van der Waals surface area contributed by atoms with Crippen molar-refractivity contribution in [3.63, 3.8) is 0 Å². The summed E-state index contributed by atoms with van der Waals surface area (Å²) in [5, 5.41) is 21.5. The maximum atomic E-state index is 12.6. The van der Waals surface area contributed by atoms with Gasteiger partial charge in [-0.2, -0.15) is 4.31 Å². The summed E-state index contributed by atoms with van der Waals surface area (Å²) >= 11 is 7.02. The van der Waals surface area contributed by atoms with Gasteiger partial charge in [0, 0.05) is 19.3 Å². The number of β-amino-alcohol motifs (C(OH)–C–C–N with tert-alkyl or cyclic N) is 1. The zero-order chi connectivity index (χ0) is 18.8. The highest BCUT2D eigenvalue weighted by Gasteiger charge is 2.52. The molecule has 0 bridgehead atoms. The molecule has 0 saturated carbocycles. The van der Waals surface area contributed by atoms with Gasteiger partial charge in [-0.15, -0.1) is 0 Å². The van der Waals surface area contributed by atoms with E-state index in [-0.39, 0.29) is 18.0 Å². The van der Waals surface area contributed by atoms with Crippen LogP contribution >= 0.6 is 23.4 Å². The first kappa shape index (κ1) is 20.4. The van der Waals surface area contributed by atoms with Crippen LogP contribution in [0.2, 0.25) is 5.02 Å². The molecule has 0 spiro atoms. The van der Waals surface area contributed by atoms with Crippen LogP contribution in [0.3, 0.4) is 0 Å². The first-order valence-electron chi connectivity index (χ1n) is 7.61. The Labute approximate surface area is 157 Å². The number of allylic oxidation sites excluding steroid dienone is 2. The molecule has 3 atom stereocenters. The minimum absolute atomic E-state index is 0.0370. The van der Waals surface area contributed by atoms with E-state index in [0.717, 1.165) is 4.31 Å². The molecule has 6 nitrogen and oxygen atoms in total. The van der Waals surface area contributed by atoms with Crippen molar-refractivity contribution >= 4 is 33.4 Å². The molecule has 2 rings (SSSR count). The fourth-order valence-corrected chi connectivity index (χ4v) is 5.38. The van der Waals surface area contributed by atoms with Crippen molar-refractivity contribution in [3.05, 3.63) is 47.0 Å². The van der Waals surface area contributed by atoms with Crippen molar-refractivity contribution in [1.82, 2.24) is 9.29 Å². The quantitative estimate of drug-likeness (QED) is 0.705. The van der Waals surface area contributed by atoms with Crippen LogP contribution in [0.15, 0.2) is 47.0 Å². The maximum absolute atomic E-state index is 12.6. The lowest BCUT2D eigenvalue weighted by atomic mass is 9.97. The van der Waals surface area contributed by atoms with Gasteiger partial charge in [-0.05, 0) is 32.1 Å². The highest BCUT2D eigenvalue weighted by Crippen LogP contribution is 2.39. The normalized spacial score (nSPS) is 26.2. The molecule has 2 N–H and O–H groups in total. The van der Waals surface area contributed by atoms with Gasteiger partial charge in [0.2, 0.25) is 10.0 Å². The minimum atomic E-state index is -3.81. The Hall–Kier alpha value is -0.900. The van der Waals surface area contributed by atoms with Gasteiger partial charge in [-0.1, -0.05) is 36.0 Å². The summed E-state index contributed by atoms with van der Waals surface area (Å²) < 4.78 is 26.4. The molecule has 1 aliphatic rings. The smallest absolute Gasteiger partial charge is 0.242 e. The van der Waals surface area contributed by atoms with Crippen LogP contribution in [-0.2, 0) is 10.0 Å². The number of aliphatic hydroxyl groups excluding tert-OH is 1. The molecule has 1 aromatic heterocycles. The second-order valence-corrected chi connectivity index (χ2v) is 9.50. The van der Waals surface area contributed by atoms with E-state index in [9.17, 15) is 18.6 Å². The van der Waals surface area contributed by atoms with Gasteiger partial charge >= 0.3 is 0 Å². The van der Waals surface area contributed by atoms with Crippen LogP contribution in [-0.4, -0.2) is 58.0 Å². The Kier molecular flexibility index (Phi) is 6.35. The molecule has 0 aliphatic carbocycles. The topological polar surface area (TPSA) is 90.7 Å². The molecule has 0 amide bonds. The summed E-state index contributed by atoms with van der Waals surface area (Å²) in [6.07, 6.45) is 3.34. The summed E-state index contributed by atoms with van der Waals surface area (Å²) in [5.41, 5.74) is -1.60. The summed E-state index contributed by atoms with van der Waals surface area (Å²) in [4.78, 5) is 4.10. The van der Waals surface area contributed by atoms with Crippen molar-refractivity contribution < 1.29 is 18.6 Å². The van der Waals surface area contributed by atoms with Crippen molar-refractivity contribution in [2.24, 2.45) is 0 Å². The maximum Gasteiger partial charge on any atom is 0.242 e. The number of thioether (sulfide) groups is 1. The highest BCUT2D eigenvalue weighted by atomic mass is 35.5. The Morgan fingerprint density at radius 1 is 1.60 bits per heavy atom. The van der Waals surface area contributed by atoms with Gasteiger partial charge < -0.3 is 10.2 Å². The van der Waals surface area contributed by atoms with Crippen molar-refractivity contribution in [2.75, 3.05) is 13.1 Å². The average Bonchev–Trinajstić information content (AvgIpc) is 2.89. The lowest BCUT2D eigenvalue weighted by Crippen LogP contribution is -2.49. The second-order valence-electron chi connectivity index (χ2n) is 5.85. The Balaban J connectivity index is 2.29. The number of hydrogen-bond acceptors (Lipinski definition) is 6. The molecule has 1 saturated heterocycles. The molecule has 0 aromatic carbocycles. The van der Waals surface area contributed by atoms with Crippen LogP contribution < -0.4 is 0 Å². The number of aromatic nitrogens is 1. The van der Waals surface area contributed by atoms with E-state index >= 15 is 0 Å². The van der Waals surface area contributed by atoms with Gasteiger partial charge in [-0.25, -0.2) is 13.4 Å². The number of hydrogen-bond donors (Lipinski definition) is 2. The van der Waals surface area contributed by atoms with E-state index in [4.69, 9.17) is 11.6 Å². The minimum Gasteiger partial charge on any atom is -0.390 e. The van der Waals surface area contributed by atoms with Crippen LogP contribution in [0, 0.1) is 0 Å². The zero-order valence-corrected chi connectivity index (χ0v) is 16.4. The van der Waals surface area contributed by atoms with E-state index in [1.54, 1.807) is 25.1 Å². The van der Waals surface area contributed by atoms with Gasteiger partial charge in [-0.3, -0.25) is 0 Å². The van der Waals surface area contributed by atoms with E-state index in [1.807, 2.05) is 0 Å². The molecule has 9 heteroatoms. The van der Waals surface area contributed by atoms with Crippen LogP contribution in [0.4, 0.5) is 0 Å². The second kappa shape index (κ2) is 7.77. The molecule has 0 radical (unpaired) electrons.